The van der Waals surface area contributed by atoms with Crippen LogP contribution < -0.4 is 10.6 Å². The van der Waals surface area contributed by atoms with E-state index in [2.05, 4.69) is 44.2 Å². The average Bonchev–Trinajstić information content (AvgIpc) is 3.28. The second-order valence-corrected chi connectivity index (χ2v) is 9.50. The van der Waals surface area contributed by atoms with Gasteiger partial charge in [0.15, 0.2) is 5.82 Å². The van der Waals surface area contributed by atoms with E-state index in [4.69, 9.17) is 0 Å². The van der Waals surface area contributed by atoms with Crippen molar-refractivity contribution in [1.29, 1.82) is 0 Å². The number of hydrogen-bond donors (Lipinski definition) is 2. The second kappa shape index (κ2) is 14.3. The van der Waals surface area contributed by atoms with Crippen LogP contribution in [0.1, 0.15) is 70.5 Å². The van der Waals surface area contributed by atoms with Gasteiger partial charge in [0.2, 0.25) is 11.0 Å². The summed E-state index contributed by atoms with van der Waals surface area (Å²) >= 11 is 1.47. The summed E-state index contributed by atoms with van der Waals surface area (Å²) in [5.74, 6) is 0.107. The van der Waals surface area contributed by atoms with E-state index in [9.17, 15) is 9.18 Å². The molecule has 0 saturated heterocycles. The maximum absolute atomic E-state index is 14.2. The Morgan fingerprint density at radius 2 is 1.80 bits per heavy atom. The van der Waals surface area contributed by atoms with E-state index in [-0.39, 0.29) is 11.7 Å². The number of amides is 1. The van der Waals surface area contributed by atoms with Crippen molar-refractivity contribution >= 4 is 28.2 Å². The monoisotopic (exact) mass is 498 g/mol. The van der Waals surface area contributed by atoms with Gasteiger partial charge in [-0.15, -0.1) is 15.3 Å². The highest BCUT2D eigenvalue weighted by Gasteiger charge is 2.10. The molecule has 2 aromatic heterocycles. The number of unbranched alkanes of at least 4 members (excludes halogenated alkanes) is 1. The van der Waals surface area contributed by atoms with E-state index < -0.39 is 0 Å². The summed E-state index contributed by atoms with van der Waals surface area (Å²) in [6, 6.07) is 3.66. The number of nitrogens with zero attached hydrogens (tertiary/aromatic N) is 4. The summed E-state index contributed by atoms with van der Waals surface area (Å²) in [5, 5.41) is 24.1. The third-order valence-corrected chi connectivity index (χ3v) is 6.28. The van der Waals surface area contributed by atoms with Crippen LogP contribution in [0.25, 0.3) is 0 Å². The van der Waals surface area contributed by atoms with Crippen LogP contribution in [0.15, 0.2) is 59.6 Å². The lowest BCUT2D eigenvalue weighted by Crippen LogP contribution is -2.13. The number of halogens is 1. The molecule has 0 aliphatic carbocycles. The highest BCUT2D eigenvalue weighted by Crippen LogP contribution is 2.25. The van der Waals surface area contributed by atoms with Crippen molar-refractivity contribution in [3.8, 4) is 0 Å². The van der Waals surface area contributed by atoms with Gasteiger partial charge in [0.25, 0.3) is 0 Å². The fraction of sp³-hybridized carbons (Fsp3) is 0.423. The van der Waals surface area contributed by atoms with Gasteiger partial charge < -0.3 is 10.6 Å². The zero-order valence-corrected chi connectivity index (χ0v) is 21.9. The van der Waals surface area contributed by atoms with Gasteiger partial charge in [-0.2, -0.15) is 5.10 Å². The molecule has 7 nitrogen and oxygen atoms in total. The molecule has 0 aliphatic rings. The molecule has 0 aromatic carbocycles. The Morgan fingerprint density at radius 1 is 1.06 bits per heavy atom. The van der Waals surface area contributed by atoms with Crippen LogP contribution in [-0.2, 0) is 17.6 Å². The summed E-state index contributed by atoms with van der Waals surface area (Å²) in [6.45, 7) is 15.3. The first-order valence-corrected chi connectivity index (χ1v) is 12.6. The molecule has 0 fully saturated rings. The van der Waals surface area contributed by atoms with Crippen molar-refractivity contribution in [3.05, 3.63) is 70.3 Å². The van der Waals surface area contributed by atoms with E-state index in [1.54, 1.807) is 13.0 Å². The third-order valence-electron chi connectivity index (χ3n) is 5.39. The quantitative estimate of drug-likeness (QED) is 0.171. The second-order valence-electron chi connectivity index (χ2n) is 8.43. The van der Waals surface area contributed by atoms with Gasteiger partial charge in [0.1, 0.15) is 10.8 Å². The maximum atomic E-state index is 14.2. The molecule has 0 aliphatic heterocycles. The Kier molecular flexibility index (Phi) is 11.4. The topological polar surface area (TPSA) is 92.7 Å². The van der Waals surface area contributed by atoms with Gasteiger partial charge in [-0.3, -0.25) is 4.79 Å². The Hall–Kier alpha value is -3.20. The van der Waals surface area contributed by atoms with E-state index in [1.165, 1.54) is 11.3 Å². The number of anilines is 2. The largest absolute Gasteiger partial charge is 0.334 e. The number of carbonyl (C=O) groups excluding carboxylic acids is 1. The highest BCUT2D eigenvalue weighted by atomic mass is 32.1. The minimum absolute atomic E-state index is 0.0994. The van der Waals surface area contributed by atoms with Gasteiger partial charge in [0.05, 0.1) is 5.69 Å². The molecule has 0 radical (unpaired) electrons. The number of allylic oxidation sites excluding steroid dienone is 4. The molecule has 0 saturated carbocycles. The lowest BCUT2D eigenvalue weighted by molar-refractivity contribution is -0.115. The fourth-order valence-electron chi connectivity index (χ4n) is 3.08. The van der Waals surface area contributed by atoms with Gasteiger partial charge in [-0.25, -0.2) is 4.39 Å². The normalized spacial score (nSPS) is 12.2. The standard InChI is InChI=1S/C26H35FN6OS/c1-7-17(3)15-23(34)29-22-14-13-21(30-31-22)11-9-10-12-24-32-33-26(35-24)28-20(6)16-19(5)25(27)18(4)8-2/h7,13-14H,5-6,8-12,15-16H2,1-4H3,(H,28,33)(H,29,31,34)/b17-7+,25-18+. The van der Waals surface area contributed by atoms with E-state index in [1.807, 2.05) is 32.9 Å². The summed E-state index contributed by atoms with van der Waals surface area (Å²) in [7, 11) is 0. The number of nitrogens with one attached hydrogen (secondary N) is 2. The minimum atomic E-state index is -0.253. The molecule has 2 aromatic rings. The Bertz CT molecular complexity index is 1090. The maximum Gasteiger partial charge on any atom is 0.229 e. The van der Waals surface area contributed by atoms with Gasteiger partial charge in [-0.05, 0) is 69.7 Å². The molecule has 0 spiro atoms. The Labute approximate surface area is 211 Å². The molecule has 2 heterocycles. The summed E-state index contributed by atoms with van der Waals surface area (Å²) < 4.78 is 14.2. The van der Waals surface area contributed by atoms with Crippen LogP contribution in [0.5, 0.6) is 0 Å². The molecule has 0 unspecified atom stereocenters. The molecule has 9 heteroatoms. The first kappa shape index (κ1) is 28.0. The highest BCUT2D eigenvalue weighted by molar-refractivity contribution is 7.15. The van der Waals surface area contributed by atoms with E-state index >= 15 is 0 Å². The molecule has 2 N–H and O–H groups in total. The fourth-order valence-corrected chi connectivity index (χ4v) is 3.91. The van der Waals surface area contributed by atoms with Gasteiger partial charge in [0, 0.05) is 25.0 Å². The number of aromatic nitrogens is 4. The predicted molar refractivity (Wildman–Crippen MR) is 142 cm³/mol. The van der Waals surface area contributed by atoms with E-state index in [0.717, 1.165) is 42.0 Å². The molecule has 188 valence electrons. The molecule has 2 rings (SSSR count). The molecular formula is C26H35FN6OS. The SMILES string of the molecule is C=C(CC(=C)/C(F)=C(/C)CC)Nc1nnc(CCCCc2ccc(NC(=O)C/C(C)=C/C)nn2)s1. The van der Waals surface area contributed by atoms with Crippen LogP contribution >= 0.6 is 11.3 Å². The van der Waals surface area contributed by atoms with Crippen LogP contribution in [0.3, 0.4) is 0 Å². The number of rotatable bonds is 14. The van der Waals surface area contributed by atoms with Crippen molar-refractivity contribution in [1.82, 2.24) is 20.4 Å². The van der Waals surface area contributed by atoms with Crippen molar-refractivity contribution in [2.75, 3.05) is 10.6 Å². The van der Waals surface area contributed by atoms with Gasteiger partial charge in [-0.1, -0.05) is 43.1 Å². The van der Waals surface area contributed by atoms with Gasteiger partial charge >= 0.3 is 0 Å². The van der Waals surface area contributed by atoms with Crippen LogP contribution in [0.2, 0.25) is 0 Å². The molecular weight excluding hydrogens is 463 g/mol. The molecule has 35 heavy (non-hydrogen) atoms. The zero-order chi connectivity index (χ0) is 25.8. The molecule has 0 atom stereocenters. The summed E-state index contributed by atoms with van der Waals surface area (Å²) in [6.07, 6.45) is 6.68. The van der Waals surface area contributed by atoms with Crippen molar-refractivity contribution in [2.45, 2.75) is 72.6 Å². The first-order valence-electron chi connectivity index (χ1n) is 11.8. The smallest absolute Gasteiger partial charge is 0.229 e. The Balaban J connectivity index is 1.72. The third kappa shape index (κ3) is 9.90. The van der Waals surface area contributed by atoms with Crippen LogP contribution in [-0.4, -0.2) is 26.3 Å². The number of hydrogen-bond acceptors (Lipinski definition) is 7. The number of aryl methyl sites for hydroxylation is 2. The summed E-state index contributed by atoms with van der Waals surface area (Å²) in [5.41, 5.74) is 3.61. The predicted octanol–water partition coefficient (Wildman–Crippen LogP) is 6.71. The van der Waals surface area contributed by atoms with Crippen molar-refractivity contribution < 1.29 is 9.18 Å². The zero-order valence-electron chi connectivity index (χ0n) is 21.1. The number of carbonyl (C=O) groups is 1. The van der Waals surface area contributed by atoms with E-state index in [0.29, 0.717) is 47.1 Å². The van der Waals surface area contributed by atoms with Crippen molar-refractivity contribution in [2.24, 2.45) is 0 Å². The molecule has 1 amide bonds. The minimum Gasteiger partial charge on any atom is -0.334 e. The first-order chi connectivity index (χ1) is 16.7. The summed E-state index contributed by atoms with van der Waals surface area (Å²) in [4.78, 5) is 11.9. The average molecular weight is 499 g/mol. The lowest BCUT2D eigenvalue weighted by Gasteiger charge is -2.09. The lowest BCUT2D eigenvalue weighted by atomic mass is 10.1. The van der Waals surface area contributed by atoms with Crippen LogP contribution in [0.4, 0.5) is 15.3 Å². The van der Waals surface area contributed by atoms with Crippen LogP contribution in [0, 0.1) is 0 Å². The Morgan fingerprint density at radius 3 is 2.46 bits per heavy atom. The van der Waals surface area contributed by atoms with Crippen molar-refractivity contribution in [3.63, 3.8) is 0 Å². The molecule has 0 bridgehead atoms.